The number of aromatic nitrogens is 3. The van der Waals surface area contributed by atoms with Crippen molar-refractivity contribution in [2.75, 3.05) is 7.05 Å². The van der Waals surface area contributed by atoms with Crippen molar-refractivity contribution in [3.63, 3.8) is 0 Å². The third kappa shape index (κ3) is 4.59. The topological polar surface area (TPSA) is 81.0 Å². The highest BCUT2D eigenvalue weighted by molar-refractivity contribution is 6.35. The van der Waals surface area contributed by atoms with Gasteiger partial charge >= 0.3 is 0 Å². The van der Waals surface area contributed by atoms with Gasteiger partial charge in [-0.1, -0.05) is 48.7 Å². The van der Waals surface area contributed by atoms with Crippen LogP contribution >= 0.6 is 34.8 Å². The van der Waals surface area contributed by atoms with Crippen molar-refractivity contribution in [3.8, 4) is 11.5 Å². The van der Waals surface area contributed by atoms with Crippen molar-refractivity contribution in [1.29, 1.82) is 0 Å². The number of halogens is 3. The smallest absolute Gasteiger partial charge is 0.272 e. The molecule has 0 saturated heterocycles. The molecule has 3 rings (SSSR count). The maximum atomic E-state index is 13.1. The molecule has 2 N–H and O–H groups in total. The quantitative estimate of drug-likeness (QED) is 0.545. The highest BCUT2D eigenvalue weighted by atomic mass is 35.5. The Kier molecular flexibility index (Phi) is 6.99. The van der Waals surface area contributed by atoms with Crippen molar-refractivity contribution in [2.45, 2.75) is 26.8 Å². The number of nitrogens with zero attached hydrogens (tertiary/aromatic N) is 3. The molecule has 0 unspecified atom stereocenters. The van der Waals surface area contributed by atoms with E-state index in [-0.39, 0.29) is 17.5 Å². The lowest BCUT2D eigenvalue weighted by Crippen LogP contribution is -2.49. The Hall–Kier alpha value is -2.48. The Balaban J connectivity index is 2.15. The van der Waals surface area contributed by atoms with Crippen molar-refractivity contribution in [1.82, 2.24) is 25.0 Å². The second-order valence-electron chi connectivity index (χ2n) is 7.32. The van der Waals surface area contributed by atoms with Crippen LogP contribution in [0, 0.1) is 12.8 Å². The van der Waals surface area contributed by atoms with Crippen LogP contribution in [0.3, 0.4) is 0 Å². The number of benzene rings is 1. The maximum absolute atomic E-state index is 13.1. The van der Waals surface area contributed by atoms with Crippen LogP contribution in [0.1, 0.15) is 29.9 Å². The van der Waals surface area contributed by atoms with Crippen LogP contribution in [0.5, 0.6) is 0 Å². The molecule has 3 aromatic rings. The fraction of sp³-hybridized carbons (Fsp3) is 0.286. The molecule has 0 aliphatic heterocycles. The first kappa shape index (κ1) is 23.2. The zero-order valence-corrected chi connectivity index (χ0v) is 19.7. The van der Waals surface area contributed by atoms with Gasteiger partial charge in [-0.2, -0.15) is 5.10 Å². The Morgan fingerprint density at radius 3 is 2.39 bits per heavy atom. The molecule has 7 nitrogen and oxygen atoms in total. The summed E-state index contributed by atoms with van der Waals surface area (Å²) in [7, 11) is 1.53. The van der Waals surface area contributed by atoms with Crippen LogP contribution in [0.15, 0.2) is 36.5 Å². The molecule has 2 amide bonds. The molecule has 10 heteroatoms. The van der Waals surface area contributed by atoms with Crippen LogP contribution in [0.4, 0.5) is 0 Å². The van der Waals surface area contributed by atoms with Gasteiger partial charge in [0, 0.05) is 23.8 Å². The zero-order chi connectivity index (χ0) is 22.9. The van der Waals surface area contributed by atoms with Gasteiger partial charge in [-0.3, -0.25) is 14.2 Å². The first-order valence-corrected chi connectivity index (χ1v) is 10.7. The Labute approximate surface area is 195 Å². The molecule has 2 aromatic heterocycles. The van der Waals surface area contributed by atoms with E-state index in [1.54, 1.807) is 52.7 Å². The van der Waals surface area contributed by atoms with Gasteiger partial charge in [-0.25, -0.2) is 4.68 Å². The Morgan fingerprint density at radius 2 is 1.84 bits per heavy atom. The number of hydrogen-bond acceptors (Lipinski definition) is 3. The molecule has 0 spiro atoms. The molecule has 2 heterocycles. The number of amides is 2. The first-order valence-electron chi connectivity index (χ1n) is 9.56. The maximum Gasteiger partial charge on any atom is 0.272 e. The molecular weight excluding hydrogens is 461 g/mol. The molecule has 1 atom stereocenters. The fourth-order valence-electron chi connectivity index (χ4n) is 3.24. The van der Waals surface area contributed by atoms with E-state index in [2.05, 4.69) is 15.7 Å². The molecule has 0 aliphatic rings. The van der Waals surface area contributed by atoms with Crippen molar-refractivity contribution in [3.05, 3.63) is 63.0 Å². The van der Waals surface area contributed by atoms with Crippen molar-refractivity contribution in [2.24, 2.45) is 5.92 Å². The summed E-state index contributed by atoms with van der Waals surface area (Å²) in [6.07, 6.45) is 1.76. The molecule has 0 bridgehead atoms. The largest absolute Gasteiger partial charge is 0.357 e. The number of carbonyl (C=O) groups excluding carboxylic acids is 2. The van der Waals surface area contributed by atoms with E-state index in [9.17, 15) is 9.59 Å². The summed E-state index contributed by atoms with van der Waals surface area (Å²) in [5.74, 6) is -0.330. The van der Waals surface area contributed by atoms with Crippen LogP contribution in [0.2, 0.25) is 15.2 Å². The molecule has 31 heavy (non-hydrogen) atoms. The molecule has 0 fully saturated rings. The summed E-state index contributed by atoms with van der Waals surface area (Å²) in [6, 6.07) is 7.78. The average molecular weight is 483 g/mol. The van der Waals surface area contributed by atoms with E-state index >= 15 is 0 Å². The van der Waals surface area contributed by atoms with Gasteiger partial charge in [0.15, 0.2) is 5.69 Å². The van der Waals surface area contributed by atoms with Crippen molar-refractivity contribution >= 4 is 46.6 Å². The van der Waals surface area contributed by atoms with E-state index < -0.39 is 11.9 Å². The van der Waals surface area contributed by atoms with Gasteiger partial charge < -0.3 is 10.6 Å². The van der Waals surface area contributed by atoms with Crippen LogP contribution in [-0.2, 0) is 4.79 Å². The summed E-state index contributed by atoms with van der Waals surface area (Å²) in [6.45, 7) is 5.46. The molecule has 1 aromatic carbocycles. The standard InChI is InChI=1S/C21H22Cl3N5O2/c1-11(2)17(19(30)25-4)26-20(31)18-12(3)21(28-9-5-6-16(28)24)29(27-18)15-8-7-13(22)10-14(15)23/h5-11,17H,1-4H3,(H,25,30)(H,26,31)/t17-/m0/s1. The van der Waals surface area contributed by atoms with Gasteiger partial charge in [0.1, 0.15) is 17.0 Å². The Bertz CT molecular complexity index is 1140. The van der Waals surface area contributed by atoms with Gasteiger partial charge in [0.2, 0.25) is 5.91 Å². The summed E-state index contributed by atoms with van der Waals surface area (Å²) in [4.78, 5) is 25.3. The number of rotatable bonds is 6. The third-order valence-corrected chi connectivity index (χ3v) is 5.70. The highest BCUT2D eigenvalue weighted by Gasteiger charge is 2.28. The summed E-state index contributed by atoms with van der Waals surface area (Å²) < 4.78 is 3.24. The van der Waals surface area contributed by atoms with Gasteiger partial charge in [-0.05, 0) is 43.2 Å². The predicted octanol–water partition coefficient (Wildman–Crippen LogP) is 4.43. The molecule has 164 valence electrons. The lowest BCUT2D eigenvalue weighted by Gasteiger charge is -2.20. The highest BCUT2D eigenvalue weighted by Crippen LogP contribution is 2.30. The fourth-order valence-corrected chi connectivity index (χ4v) is 3.94. The van der Waals surface area contributed by atoms with E-state index in [1.165, 1.54) is 7.05 Å². The normalized spacial score (nSPS) is 12.1. The SMILES string of the molecule is CNC(=O)[C@@H](NC(=O)c1nn(-c2ccc(Cl)cc2Cl)c(-n2cccc2Cl)c1C)C(C)C. The van der Waals surface area contributed by atoms with Gasteiger partial charge in [0.05, 0.1) is 10.7 Å². The minimum atomic E-state index is -0.709. The predicted molar refractivity (Wildman–Crippen MR) is 123 cm³/mol. The first-order chi connectivity index (χ1) is 14.6. The lowest BCUT2D eigenvalue weighted by molar-refractivity contribution is -0.123. The van der Waals surface area contributed by atoms with Crippen LogP contribution < -0.4 is 10.6 Å². The van der Waals surface area contributed by atoms with E-state index in [1.807, 2.05) is 13.8 Å². The number of nitrogens with one attached hydrogen (secondary N) is 2. The van der Waals surface area contributed by atoms with Gasteiger partial charge in [0.25, 0.3) is 5.91 Å². The van der Waals surface area contributed by atoms with E-state index in [4.69, 9.17) is 34.8 Å². The second-order valence-corrected chi connectivity index (χ2v) is 8.55. The van der Waals surface area contributed by atoms with E-state index in [0.29, 0.717) is 32.3 Å². The number of likely N-dealkylation sites (N-methyl/N-ethyl adjacent to an activating group) is 1. The minimum Gasteiger partial charge on any atom is -0.357 e. The van der Waals surface area contributed by atoms with Crippen LogP contribution in [0.25, 0.3) is 11.5 Å². The zero-order valence-electron chi connectivity index (χ0n) is 17.4. The third-order valence-electron chi connectivity index (χ3n) is 4.85. The van der Waals surface area contributed by atoms with Crippen molar-refractivity contribution < 1.29 is 9.59 Å². The average Bonchev–Trinajstić information content (AvgIpc) is 3.27. The summed E-state index contributed by atoms with van der Waals surface area (Å²) >= 11 is 18.8. The van der Waals surface area contributed by atoms with Crippen LogP contribution in [-0.4, -0.2) is 39.3 Å². The molecule has 0 radical (unpaired) electrons. The summed E-state index contributed by atoms with van der Waals surface area (Å²) in [5.41, 5.74) is 1.25. The Morgan fingerprint density at radius 1 is 1.13 bits per heavy atom. The molecular formula is C21H22Cl3N5O2. The number of carbonyl (C=O) groups is 2. The minimum absolute atomic E-state index is 0.115. The number of hydrogen-bond donors (Lipinski definition) is 2. The molecule has 0 aliphatic carbocycles. The van der Waals surface area contributed by atoms with Gasteiger partial charge in [-0.15, -0.1) is 0 Å². The van der Waals surface area contributed by atoms with E-state index in [0.717, 1.165) is 0 Å². The molecule has 0 saturated carbocycles. The summed E-state index contributed by atoms with van der Waals surface area (Å²) in [5, 5.41) is 11.1. The monoisotopic (exact) mass is 481 g/mol. The second kappa shape index (κ2) is 9.34. The lowest BCUT2D eigenvalue weighted by atomic mass is 10.0.